The van der Waals surface area contributed by atoms with Crippen molar-refractivity contribution in [1.29, 1.82) is 0 Å². The molecule has 0 aromatic heterocycles. The van der Waals surface area contributed by atoms with Gasteiger partial charge in [0.25, 0.3) is 0 Å². The molecule has 1 aromatic carbocycles. The molecule has 5 heteroatoms. The monoisotopic (exact) mass is 302 g/mol. The van der Waals surface area contributed by atoms with E-state index in [-0.39, 0.29) is 17.9 Å². The van der Waals surface area contributed by atoms with Crippen LogP contribution in [-0.4, -0.2) is 42.5 Å². The molecule has 1 saturated heterocycles. The lowest BCUT2D eigenvalue weighted by atomic mass is 9.91. The Kier molecular flexibility index (Phi) is 4.43. The Labute approximate surface area is 130 Å². The summed E-state index contributed by atoms with van der Waals surface area (Å²) >= 11 is 0. The Morgan fingerprint density at radius 1 is 1.41 bits per heavy atom. The van der Waals surface area contributed by atoms with E-state index in [1.807, 2.05) is 31.2 Å². The van der Waals surface area contributed by atoms with Crippen molar-refractivity contribution in [1.82, 2.24) is 10.2 Å². The summed E-state index contributed by atoms with van der Waals surface area (Å²) in [5.74, 6) is -0.101. The number of hydrogen-bond donors (Lipinski definition) is 1. The van der Waals surface area contributed by atoms with Gasteiger partial charge in [-0.25, -0.2) is 0 Å². The number of carbonyl (C=O) groups is 2. The number of carbonyl (C=O) groups excluding carboxylic acids is 2. The summed E-state index contributed by atoms with van der Waals surface area (Å²) in [5, 5.41) is 2.96. The Hall–Kier alpha value is -1.88. The molecule has 0 aliphatic carbocycles. The number of nitrogens with zero attached hydrogens (tertiary/aromatic N) is 1. The van der Waals surface area contributed by atoms with E-state index >= 15 is 0 Å². The predicted molar refractivity (Wildman–Crippen MR) is 82.3 cm³/mol. The molecule has 0 bridgehead atoms. The molecule has 5 nitrogen and oxygen atoms in total. The molecule has 0 spiro atoms. The number of fused-ring (bicyclic) bond motifs is 1. The zero-order chi connectivity index (χ0) is 15.5. The van der Waals surface area contributed by atoms with Gasteiger partial charge in [0.2, 0.25) is 11.8 Å². The molecule has 118 valence electrons. The van der Waals surface area contributed by atoms with Crippen molar-refractivity contribution in [2.45, 2.75) is 38.3 Å². The molecule has 0 saturated carbocycles. The van der Waals surface area contributed by atoms with Crippen molar-refractivity contribution in [2.24, 2.45) is 0 Å². The minimum absolute atomic E-state index is 0.0125. The fourth-order valence-corrected chi connectivity index (χ4v) is 3.30. The van der Waals surface area contributed by atoms with E-state index in [1.165, 1.54) is 0 Å². The third-order valence-electron chi connectivity index (χ3n) is 4.44. The van der Waals surface area contributed by atoms with Crippen LogP contribution in [0.15, 0.2) is 24.3 Å². The molecule has 0 unspecified atom stereocenters. The minimum atomic E-state index is -0.524. The van der Waals surface area contributed by atoms with Gasteiger partial charge in [0.05, 0.1) is 12.5 Å². The molecule has 2 amide bonds. The summed E-state index contributed by atoms with van der Waals surface area (Å²) < 4.78 is 5.54. The second-order valence-electron chi connectivity index (χ2n) is 5.84. The van der Waals surface area contributed by atoms with Crippen LogP contribution in [-0.2, 0) is 20.7 Å². The molecular weight excluding hydrogens is 280 g/mol. The standard InChI is InChI=1S/C17H22N2O3/c1-2-19-15(20)10-12-6-3-4-8-14(12)16(19)17(21)18-11-13-7-5-9-22-13/h3-4,6,8,13,16H,2,5,7,9-11H2,1H3,(H,18,21)/t13-,16+/m1/s1. The summed E-state index contributed by atoms with van der Waals surface area (Å²) in [6, 6.07) is 7.18. The number of rotatable bonds is 4. The molecule has 1 aromatic rings. The third-order valence-corrected chi connectivity index (χ3v) is 4.44. The first-order valence-corrected chi connectivity index (χ1v) is 7.97. The van der Waals surface area contributed by atoms with Crippen molar-refractivity contribution in [3.63, 3.8) is 0 Å². The molecule has 0 radical (unpaired) electrons. The first-order chi connectivity index (χ1) is 10.7. The quantitative estimate of drug-likeness (QED) is 0.915. The lowest BCUT2D eigenvalue weighted by Gasteiger charge is -2.35. The Bertz CT molecular complexity index is 567. The SMILES string of the molecule is CCN1C(=O)Cc2ccccc2[C@H]1C(=O)NC[C@H]1CCCO1. The molecule has 1 fully saturated rings. The molecule has 2 aliphatic rings. The van der Waals surface area contributed by atoms with Crippen molar-refractivity contribution in [3.8, 4) is 0 Å². The number of benzene rings is 1. The summed E-state index contributed by atoms with van der Waals surface area (Å²) in [6.45, 7) is 3.73. The highest BCUT2D eigenvalue weighted by Gasteiger charge is 2.36. The highest BCUT2D eigenvalue weighted by molar-refractivity contribution is 5.92. The molecule has 1 N–H and O–H groups in total. The average molecular weight is 302 g/mol. The Morgan fingerprint density at radius 3 is 2.95 bits per heavy atom. The first-order valence-electron chi connectivity index (χ1n) is 7.97. The van der Waals surface area contributed by atoms with E-state index in [0.717, 1.165) is 30.6 Å². The van der Waals surface area contributed by atoms with E-state index in [2.05, 4.69) is 5.32 Å². The summed E-state index contributed by atoms with van der Waals surface area (Å²) in [5.41, 5.74) is 1.89. The van der Waals surface area contributed by atoms with Crippen LogP contribution >= 0.6 is 0 Å². The predicted octanol–water partition coefficient (Wildman–Crippen LogP) is 1.43. The fraction of sp³-hybridized carbons (Fsp3) is 0.529. The van der Waals surface area contributed by atoms with Gasteiger partial charge in [-0.1, -0.05) is 24.3 Å². The lowest BCUT2D eigenvalue weighted by molar-refractivity contribution is -0.141. The van der Waals surface area contributed by atoms with Crippen LogP contribution in [0, 0.1) is 0 Å². The Morgan fingerprint density at radius 2 is 2.23 bits per heavy atom. The van der Waals surface area contributed by atoms with Crippen LogP contribution in [0.1, 0.15) is 36.9 Å². The van der Waals surface area contributed by atoms with Gasteiger partial charge in [0.15, 0.2) is 0 Å². The smallest absolute Gasteiger partial charge is 0.247 e. The van der Waals surface area contributed by atoms with Crippen molar-refractivity contribution in [3.05, 3.63) is 35.4 Å². The van der Waals surface area contributed by atoms with Gasteiger partial charge in [-0.05, 0) is 30.9 Å². The molecular formula is C17H22N2O3. The number of amides is 2. The van der Waals surface area contributed by atoms with E-state index in [9.17, 15) is 9.59 Å². The van der Waals surface area contributed by atoms with Crippen LogP contribution < -0.4 is 5.32 Å². The average Bonchev–Trinajstić information content (AvgIpc) is 3.04. The van der Waals surface area contributed by atoms with Crippen LogP contribution in [0.2, 0.25) is 0 Å². The molecule has 2 heterocycles. The van der Waals surface area contributed by atoms with E-state index < -0.39 is 6.04 Å². The summed E-state index contributed by atoms with van der Waals surface area (Å²) in [7, 11) is 0. The number of likely N-dealkylation sites (N-methyl/N-ethyl adjacent to an activating group) is 1. The minimum Gasteiger partial charge on any atom is -0.376 e. The summed E-state index contributed by atoms with van der Waals surface area (Å²) in [6.07, 6.45) is 2.51. The van der Waals surface area contributed by atoms with Crippen molar-refractivity contribution >= 4 is 11.8 Å². The van der Waals surface area contributed by atoms with Gasteiger partial charge >= 0.3 is 0 Å². The zero-order valence-corrected chi connectivity index (χ0v) is 12.9. The maximum atomic E-state index is 12.7. The molecule has 3 rings (SSSR count). The van der Waals surface area contributed by atoms with Crippen molar-refractivity contribution in [2.75, 3.05) is 19.7 Å². The van der Waals surface area contributed by atoms with Gasteiger partial charge in [0, 0.05) is 19.7 Å². The van der Waals surface area contributed by atoms with E-state index in [4.69, 9.17) is 4.74 Å². The third kappa shape index (κ3) is 2.86. The normalized spacial score (nSPS) is 24.2. The first kappa shape index (κ1) is 15.0. The molecule has 2 aliphatic heterocycles. The topological polar surface area (TPSA) is 58.6 Å². The molecule has 22 heavy (non-hydrogen) atoms. The zero-order valence-electron chi connectivity index (χ0n) is 12.9. The Balaban J connectivity index is 1.78. The van der Waals surface area contributed by atoms with E-state index in [0.29, 0.717) is 19.5 Å². The lowest BCUT2D eigenvalue weighted by Crippen LogP contribution is -2.48. The fourth-order valence-electron chi connectivity index (χ4n) is 3.30. The van der Waals surface area contributed by atoms with Gasteiger partial charge in [-0.3, -0.25) is 9.59 Å². The second-order valence-corrected chi connectivity index (χ2v) is 5.84. The molecule has 2 atom stereocenters. The van der Waals surface area contributed by atoms with Crippen LogP contribution in [0.25, 0.3) is 0 Å². The van der Waals surface area contributed by atoms with Gasteiger partial charge in [-0.2, -0.15) is 0 Å². The van der Waals surface area contributed by atoms with Crippen molar-refractivity contribution < 1.29 is 14.3 Å². The maximum absolute atomic E-state index is 12.7. The van der Waals surface area contributed by atoms with Gasteiger partial charge in [0.1, 0.15) is 6.04 Å². The van der Waals surface area contributed by atoms with Crippen LogP contribution in [0.4, 0.5) is 0 Å². The number of nitrogens with one attached hydrogen (secondary N) is 1. The number of ether oxygens (including phenoxy) is 1. The highest BCUT2D eigenvalue weighted by Crippen LogP contribution is 2.30. The highest BCUT2D eigenvalue weighted by atomic mass is 16.5. The van der Waals surface area contributed by atoms with Gasteiger partial charge < -0.3 is 15.0 Å². The van der Waals surface area contributed by atoms with Crippen LogP contribution in [0.3, 0.4) is 0 Å². The summed E-state index contributed by atoms with van der Waals surface area (Å²) in [4.78, 5) is 26.6. The second kappa shape index (κ2) is 6.48. The van der Waals surface area contributed by atoms with Crippen LogP contribution in [0.5, 0.6) is 0 Å². The van der Waals surface area contributed by atoms with Gasteiger partial charge in [-0.15, -0.1) is 0 Å². The van der Waals surface area contributed by atoms with E-state index in [1.54, 1.807) is 4.90 Å². The largest absolute Gasteiger partial charge is 0.376 e. The number of hydrogen-bond acceptors (Lipinski definition) is 3. The maximum Gasteiger partial charge on any atom is 0.247 e.